The van der Waals surface area contributed by atoms with Gasteiger partial charge in [-0.05, 0) is 32.6 Å². The molecule has 2 fully saturated rings. The Morgan fingerprint density at radius 1 is 1.36 bits per heavy atom. The van der Waals surface area contributed by atoms with Crippen LogP contribution in [0, 0.1) is 0 Å². The molecule has 0 unspecified atom stereocenters. The van der Waals surface area contributed by atoms with Crippen molar-refractivity contribution in [1.82, 2.24) is 10.6 Å². The second kappa shape index (κ2) is 3.89. The Bertz CT molecular complexity index is 217. The molecule has 2 aliphatic rings. The van der Waals surface area contributed by atoms with Gasteiger partial charge in [0.05, 0.1) is 6.54 Å². The average Bonchev–Trinajstić information content (AvgIpc) is 2.70. The third-order valence-electron chi connectivity index (χ3n) is 3.35. The van der Waals surface area contributed by atoms with Gasteiger partial charge in [0.1, 0.15) is 0 Å². The molecule has 0 saturated heterocycles. The van der Waals surface area contributed by atoms with Gasteiger partial charge in [0.2, 0.25) is 5.91 Å². The highest BCUT2D eigenvalue weighted by Crippen LogP contribution is 2.33. The predicted octanol–water partition coefficient (Wildman–Crippen LogP) is 1.19. The lowest BCUT2D eigenvalue weighted by atomic mass is 10.2. The van der Waals surface area contributed by atoms with Crippen molar-refractivity contribution in [2.75, 3.05) is 6.54 Å². The van der Waals surface area contributed by atoms with Crippen molar-refractivity contribution in [3.05, 3.63) is 0 Å². The summed E-state index contributed by atoms with van der Waals surface area (Å²) in [5.41, 5.74) is 0.133. The van der Waals surface area contributed by atoms with Crippen molar-refractivity contribution < 1.29 is 4.79 Å². The molecule has 0 aromatic carbocycles. The molecular weight excluding hydrogens is 176 g/mol. The molecule has 0 heterocycles. The van der Waals surface area contributed by atoms with Gasteiger partial charge in [-0.3, -0.25) is 4.79 Å². The number of amides is 1. The zero-order chi connectivity index (χ0) is 10.0. The molecule has 1 amide bonds. The summed E-state index contributed by atoms with van der Waals surface area (Å²) in [6, 6.07) is 0.591. The standard InChI is InChI=1S/C11H20N2O/c1-11(6-7-11)13-10(14)8-12-9-4-2-3-5-9/h9,12H,2-8H2,1H3,(H,13,14). The fourth-order valence-electron chi connectivity index (χ4n) is 2.06. The van der Waals surface area contributed by atoms with Crippen LogP contribution in [0.3, 0.4) is 0 Å². The monoisotopic (exact) mass is 196 g/mol. The fourth-order valence-corrected chi connectivity index (χ4v) is 2.06. The van der Waals surface area contributed by atoms with Crippen molar-refractivity contribution in [2.45, 2.75) is 57.0 Å². The average molecular weight is 196 g/mol. The summed E-state index contributed by atoms with van der Waals surface area (Å²) >= 11 is 0. The summed E-state index contributed by atoms with van der Waals surface area (Å²) in [5, 5.41) is 6.37. The summed E-state index contributed by atoms with van der Waals surface area (Å²) in [6.07, 6.45) is 7.40. The molecule has 2 N–H and O–H groups in total. The summed E-state index contributed by atoms with van der Waals surface area (Å²) in [7, 11) is 0. The van der Waals surface area contributed by atoms with Crippen molar-refractivity contribution in [3.63, 3.8) is 0 Å². The Labute approximate surface area is 85.6 Å². The summed E-state index contributed by atoms with van der Waals surface area (Å²) in [5.74, 6) is 0.164. The first-order chi connectivity index (χ1) is 6.68. The first-order valence-corrected chi connectivity index (χ1v) is 5.72. The first-order valence-electron chi connectivity index (χ1n) is 5.72. The van der Waals surface area contributed by atoms with E-state index < -0.39 is 0 Å². The molecule has 3 nitrogen and oxygen atoms in total. The van der Waals surface area contributed by atoms with Gasteiger partial charge in [-0.1, -0.05) is 12.8 Å². The van der Waals surface area contributed by atoms with E-state index in [4.69, 9.17) is 0 Å². The molecule has 2 rings (SSSR count). The minimum atomic E-state index is 0.133. The maximum atomic E-state index is 11.5. The second-order valence-corrected chi connectivity index (χ2v) is 4.97. The Kier molecular flexibility index (Phi) is 2.77. The van der Waals surface area contributed by atoms with Crippen LogP contribution in [0.5, 0.6) is 0 Å². The van der Waals surface area contributed by atoms with Gasteiger partial charge < -0.3 is 10.6 Å². The Morgan fingerprint density at radius 3 is 2.57 bits per heavy atom. The van der Waals surface area contributed by atoms with E-state index in [1.54, 1.807) is 0 Å². The lowest BCUT2D eigenvalue weighted by molar-refractivity contribution is -0.121. The third-order valence-corrected chi connectivity index (χ3v) is 3.35. The lowest BCUT2D eigenvalue weighted by Crippen LogP contribution is -2.42. The molecule has 2 aliphatic carbocycles. The number of carbonyl (C=O) groups excluding carboxylic acids is 1. The SMILES string of the molecule is CC1(NC(=O)CNC2CCCC2)CC1. The van der Waals surface area contributed by atoms with E-state index >= 15 is 0 Å². The molecule has 0 bridgehead atoms. The van der Waals surface area contributed by atoms with E-state index in [2.05, 4.69) is 17.6 Å². The Hall–Kier alpha value is -0.570. The molecule has 0 atom stereocenters. The van der Waals surface area contributed by atoms with E-state index in [0.29, 0.717) is 12.6 Å². The molecule has 0 radical (unpaired) electrons. The van der Waals surface area contributed by atoms with Crippen LogP contribution < -0.4 is 10.6 Å². The van der Waals surface area contributed by atoms with Crippen LogP contribution >= 0.6 is 0 Å². The van der Waals surface area contributed by atoms with Crippen molar-refractivity contribution in [2.24, 2.45) is 0 Å². The van der Waals surface area contributed by atoms with Crippen molar-refractivity contribution in [1.29, 1.82) is 0 Å². The molecule has 14 heavy (non-hydrogen) atoms. The maximum Gasteiger partial charge on any atom is 0.234 e. The van der Waals surface area contributed by atoms with Gasteiger partial charge >= 0.3 is 0 Å². The number of hydrogen-bond donors (Lipinski definition) is 2. The van der Waals surface area contributed by atoms with Gasteiger partial charge in [-0.25, -0.2) is 0 Å². The van der Waals surface area contributed by atoms with E-state index in [-0.39, 0.29) is 11.4 Å². The fraction of sp³-hybridized carbons (Fsp3) is 0.909. The number of hydrogen-bond acceptors (Lipinski definition) is 2. The number of rotatable bonds is 4. The van der Waals surface area contributed by atoms with E-state index in [0.717, 1.165) is 12.8 Å². The molecule has 0 aromatic heterocycles. The highest BCUT2D eigenvalue weighted by Gasteiger charge is 2.38. The van der Waals surface area contributed by atoms with Gasteiger partial charge in [0, 0.05) is 11.6 Å². The number of nitrogens with one attached hydrogen (secondary N) is 2. The zero-order valence-electron chi connectivity index (χ0n) is 8.94. The van der Waals surface area contributed by atoms with E-state index in [1.165, 1.54) is 25.7 Å². The maximum absolute atomic E-state index is 11.5. The second-order valence-electron chi connectivity index (χ2n) is 4.97. The van der Waals surface area contributed by atoms with Crippen LogP contribution in [0.25, 0.3) is 0 Å². The third kappa shape index (κ3) is 2.71. The Morgan fingerprint density at radius 2 is 2.00 bits per heavy atom. The van der Waals surface area contributed by atoms with Crippen LogP contribution in [0.15, 0.2) is 0 Å². The highest BCUT2D eigenvalue weighted by molar-refractivity contribution is 5.79. The largest absolute Gasteiger partial charge is 0.350 e. The van der Waals surface area contributed by atoms with Crippen LogP contribution in [0.4, 0.5) is 0 Å². The number of carbonyl (C=O) groups is 1. The lowest BCUT2D eigenvalue weighted by Gasteiger charge is -2.14. The molecule has 0 aromatic rings. The van der Waals surface area contributed by atoms with E-state index in [1.807, 2.05) is 0 Å². The Balaban J connectivity index is 1.62. The topological polar surface area (TPSA) is 41.1 Å². The minimum Gasteiger partial charge on any atom is -0.350 e. The summed E-state index contributed by atoms with van der Waals surface area (Å²) < 4.78 is 0. The first kappa shape index (κ1) is 9.97. The van der Waals surface area contributed by atoms with Gasteiger partial charge in [0.25, 0.3) is 0 Å². The summed E-state index contributed by atoms with van der Waals surface area (Å²) in [6.45, 7) is 2.61. The van der Waals surface area contributed by atoms with E-state index in [9.17, 15) is 4.79 Å². The predicted molar refractivity (Wildman–Crippen MR) is 56.0 cm³/mol. The molecular formula is C11H20N2O. The summed E-state index contributed by atoms with van der Waals surface area (Å²) in [4.78, 5) is 11.5. The van der Waals surface area contributed by atoms with Crippen LogP contribution in [0.1, 0.15) is 45.4 Å². The van der Waals surface area contributed by atoms with Crippen LogP contribution in [0.2, 0.25) is 0 Å². The molecule has 0 aliphatic heterocycles. The van der Waals surface area contributed by atoms with Crippen LogP contribution in [-0.2, 0) is 4.79 Å². The van der Waals surface area contributed by atoms with Crippen molar-refractivity contribution in [3.8, 4) is 0 Å². The van der Waals surface area contributed by atoms with Gasteiger partial charge in [0.15, 0.2) is 0 Å². The minimum absolute atomic E-state index is 0.133. The van der Waals surface area contributed by atoms with Crippen LogP contribution in [-0.4, -0.2) is 24.0 Å². The quantitative estimate of drug-likeness (QED) is 0.709. The molecule has 80 valence electrons. The molecule has 0 spiro atoms. The van der Waals surface area contributed by atoms with Gasteiger partial charge in [-0.15, -0.1) is 0 Å². The molecule has 2 saturated carbocycles. The zero-order valence-corrected chi connectivity index (χ0v) is 8.94. The highest BCUT2D eigenvalue weighted by atomic mass is 16.2. The normalized spacial score (nSPS) is 24.9. The molecule has 3 heteroatoms. The smallest absolute Gasteiger partial charge is 0.234 e. The van der Waals surface area contributed by atoms with Crippen molar-refractivity contribution >= 4 is 5.91 Å². The van der Waals surface area contributed by atoms with Gasteiger partial charge in [-0.2, -0.15) is 0 Å².